The van der Waals surface area contributed by atoms with Crippen LogP contribution in [0.3, 0.4) is 0 Å². The molecule has 7 nitrogen and oxygen atoms in total. The first-order valence-corrected chi connectivity index (χ1v) is 10.2. The summed E-state index contributed by atoms with van der Waals surface area (Å²) in [5.74, 6) is 1.67. The Labute approximate surface area is 170 Å². The smallest absolute Gasteiger partial charge is 0.150 e. The molecule has 4 aromatic rings. The Morgan fingerprint density at radius 2 is 2.11 bits per heavy atom. The Hall–Kier alpha value is -2.58. The maximum atomic E-state index is 6.09. The number of hydrogen-bond donors (Lipinski definition) is 0. The van der Waals surface area contributed by atoms with Gasteiger partial charge in [-0.3, -0.25) is 0 Å². The fraction of sp³-hybridized carbons (Fsp3) is 0.316. The first-order chi connectivity index (χ1) is 13.6. The van der Waals surface area contributed by atoms with E-state index < -0.39 is 0 Å². The Kier molecular flexibility index (Phi) is 4.25. The molecule has 0 radical (unpaired) electrons. The summed E-state index contributed by atoms with van der Waals surface area (Å²) in [5.41, 5.74) is 3.00. The van der Waals surface area contributed by atoms with Gasteiger partial charge >= 0.3 is 0 Å². The van der Waals surface area contributed by atoms with Crippen LogP contribution < -0.4 is 9.64 Å². The fourth-order valence-electron chi connectivity index (χ4n) is 3.56. The molecule has 28 heavy (non-hydrogen) atoms. The van der Waals surface area contributed by atoms with E-state index in [0.717, 1.165) is 62.8 Å². The van der Waals surface area contributed by atoms with Gasteiger partial charge in [0.2, 0.25) is 0 Å². The van der Waals surface area contributed by atoms with Crippen LogP contribution in [0.5, 0.6) is 5.75 Å². The number of fused-ring (bicyclic) bond motifs is 3. The van der Waals surface area contributed by atoms with Crippen LogP contribution in [0.2, 0.25) is 5.15 Å². The highest BCUT2D eigenvalue weighted by Gasteiger charge is 2.28. The molecule has 0 N–H and O–H groups in total. The molecule has 4 aromatic heterocycles. The largest absolute Gasteiger partial charge is 0.488 e. The molecule has 0 spiro atoms. The number of pyridine rings is 1. The number of halogens is 1. The minimum Gasteiger partial charge on any atom is -0.488 e. The van der Waals surface area contributed by atoms with E-state index in [1.165, 1.54) is 0 Å². The fourth-order valence-corrected chi connectivity index (χ4v) is 4.88. The van der Waals surface area contributed by atoms with Gasteiger partial charge in [-0.1, -0.05) is 11.6 Å². The maximum Gasteiger partial charge on any atom is 0.150 e. The van der Waals surface area contributed by atoms with E-state index in [1.54, 1.807) is 29.9 Å². The molecule has 0 aliphatic carbocycles. The van der Waals surface area contributed by atoms with E-state index in [9.17, 15) is 0 Å². The summed E-state index contributed by atoms with van der Waals surface area (Å²) in [6.07, 6.45) is 4.27. The summed E-state index contributed by atoms with van der Waals surface area (Å²) < 4.78 is 7.13. The van der Waals surface area contributed by atoms with Gasteiger partial charge in [-0.15, -0.1) is 16.4 Å². The second kappa shape index (κ2) is 6.79. The molecule has 1 fully saturated rings. The van der Waals surface area contributed by atoms with Crippen molar-refractivity contribution in [2.24, 2.45) is 0 Å². The predicted molar refractivity (Wildman–Crippen MR) is 110 cm³/mol. The molecule has 1 atom stereocenters. The van der Waals surface area contributed by atoms with Crippen LogP contribution >= 0.6 is 22.9 Å². The van der Waals surface area contributed by atoms with Crippen LogP contribution in [-0.2, 0) is 0 Å². The van der Waals surface area contributed by atoms with Crippen molar-refractivity contribution < 1.29 is 4.74 Å². The predicted octanol–water partition coefficient (Wildman–Crippen LogP) is 3.96. The topological polar surface area (TPSA) is 76.9 Å². The summed E-state index contributed by atoms with van der Waals surface area (Å²) in [6.45, 7) is 5.67. The van der Waals surface area contributed by atoms with Gasteiger partial charge in [0.15, 0.2) is 0 Å². The minimum absolute atomic E-state index is 0.0710. The minimum atomic E-state index is 0.0710. The van der Waals surface area contributed by atoms with Crippen LogP contribution in [0.1, 0.15) is 17.7 Å². The van der Waals surface area contributed by atoms with Gasteiger partial charge in [-0.25, -0.2) is 15.0 Å². The van der Waals surface area contributed by atoms with Gasteiger partial charge in [0.1, 0.15) is 34.0 Å². The molecular formula is C19H17ClN6OS. The molecule has 1 aliphatic heterocycles. The highest BCUT2D eigenvalue weighted by atomic mass is 35.5. The molecule has 1 saturated heterocycles. The maximum absolute atomic E-state index is 6.09. The highest BCUT2D eigenvalue weighted by molar-refractivity contribution is 7.26. The summed E-state index contributed by atoms with van der Waals surface area (Å²) in [6, 6.07) is 3.57. The molecule has 5 rings (SSSR count). The Bertz CT molecular complexity index is 1200. The quantitative estimate of drug-likeness (QED) is 0.471. The van der Waals surface area contributed by atoms with Crippen LogP contribution in [0.4, 0.5) is 5.82 Å². The monoisotopic (exact) mass is 412 g/mol. The van der Waals surface area contributed by atoms with E-state index in [-0.39, 0.29) is 6.10 Å². The summed E-state index contributed by atoms with van der Waals surface area (Å²) >= 11 is 7.55. The molecule has 9 heteroatoms. The third-order valence-electron chi connectivity index (χ3n) is 5.09. The summed E-state index contributed by atoms with van der Waals surface area (Å²) in [4.78, 5) is 16.3. The number of hydrogen-bond acceptors (Lipinski definition) is 8. The second-order valence-corrected chi connectivity index (χ2v) is 8.24. The lowest BCUT2D eigenvalue weighted by Gasteiger charge is -2.18. The zero-order valence-electron chi connectivity index (χ0n) is 15.4. The standard InChI is InChI=1S/C19H17ClN6OS/c1-10-11(2)24-25-19-15(10)16-17(28-19)18(23-9-22-16)26-6-4-13(8-26)27-12-3-5-21-14(20)7-12/h3,5,7,9,13H,4,6,8H2,1-2H3. The second-order valence-electron chi connectivity index (χ2n) is 6.86. The van der Waals surface area contributed by atoms with Crippen LogP contribution in [0.25, 0.3) is 20.4 Å². The van der Waals surface area contributed by atoms with Crippen molar-refractivity contribution in [1.29, 1.82) is 0 Å². The summed E-state index contributed by atoms with van der Waals surface area (Å²) in [7, 11) is 0. The molecule has 0 amide bonds. The first-order valence-electron chi connectivity index (χ1n) is 9.00. The van der Waals surface area contributed by atoms with Gasteiger partial charge in [0, 0.05) is 30.6 Å². The number of thiophene rings is 1. The lowest BCUT2D eigenvalue weighted by molar-refractivity contribution is 0.224. The van der Waals surface area contributed by atoms with Crippen molar-refractivity contribution in [1.82, 2.24) is 25.1 Å². The van der Waals surface area contributed by atoms with Gasteiger partial charge in [-0.05, 0) is 25.5 Å². The van der Waals surface area contributed by atoms with Gasteiger partial charge in [0.05, 0.1) is 22.5 Å². The van der Waals surface area contributed by atoms with E-state index in [2.05, 4.69) is 37.0 Å². The van der Waals surface area contributed by atoms with E-state index in [1.807, 2.05) is 13.0 Å². The summed E-state index contributed by atoms with van der Waals surface area (Å²) in [5, 5.41) is 10.1. The average molecular weight is 413 g/mol. The van der Waals surface area contributed by atoms with Gasteiger partial charge < -0.3 is 9.64 Å². The number of anilines is 1. The number of nitrogens with zero attached hydrogens (tertiary/aromatic N) is 6. The zero-order valence-corrected chi connectivity index (χ0v) is 17.0. The molecule has 142 valence electrons. The van der Waals surface area contributed by atoms with Crippen molar-refractivity contribution in [2.45, 2.75) is 26.4 Å². The molecular weight excluding hydrogens is 396 g/mol. The van der Waals surface area contributed by atoms with E-state index in [0.29, 0.717) is 5.15 Å². The van der Waals surface area contributed by atoms with Crippen LogP contribution in [-0.4, -0.2) is 44.3 Å². The number of rotatable bonds is 3. The SMILES string of the molecule is Cc1nnc2sc3c(N4CCC(Oc5ccnc(Cl)c5)C4)ncnc3c2c1C. The van der Waals surface area contributed by atoms with Crippen LogP contribution in [0, 0.1) is 13.8 Å². The average Bonchev–Trinajstić information content (AvgIpc) is 3.29. The Morgan fingerprint density at radius 1 is 1.21 bits per heavy atom. The lowest BCUT2D eigenvalue weighted by atomic mass is 10.1. The number of ether oxygens (including phenoxy) is 1. The lowest BCUT2D eigenvalue weighted by Crippen LogP contribution is -2.25. The number of aryl methyl sites for hydroxylation is 2. The van der Waals surface area contributed by atoms with E-state index in [4.69, 9.17) is 16.3 Å². The van der Waals surface area contributed by atoms with Crippen molar-refractivity contribution in [3.63, 3.8) is 0 Å². The first kappa shape index (κ1) is 17.5. The van der Waals surface area contributed by atoms with Crippen molar-refractivity contribution in [3.8, 4) is 5.75 Å². The highest BCUT2D eigenvalue weighted by Crippen LogP contribution is 2.38. The molecule has 5 heterocycles. The molecule has 1 unspecified atom stereocenters. The van der Waals surface area contributed by atoms with Crippen LogP contribution in [0.15, 0.2) is 24.7 Å². The third kappa shape index (κ3) is 2.93. The Morgan fingerprint density at radius 3 is 2.96 bits per heavy atom. The molecule has 1 aliphatic rings. The zero-order chi connectivity index (χ0) is 19.3. The van der Waals surface area contributed by atoms with Crippen molar-refractivity contribution >= 4 is 49.2 Å². The van der Waals surface area contributed by atoms with Gasteiger partial charge in [-0.2, -0.15) is 5.10 Å². The Balaban J connectivity index is 1.47. The molecule has 0 bridgehead atoms. The normalized spacial score (nSPS) is 17.0. The molecule has 0 aromatic carbocycles. The van der Waals surface area contributed by atoms with Crippen molar-refractivity contribution in [3.05, 3.63) is 41.1 Å². The van der Waals surface area contributed by atoms with E-state index >= 15 is 0 Å². The third-order valence-corrected chi connectivity index (χ3v) is 6.35. The number of aromatic nitrogens is 5. The van der Waals surface area contributed by atoms with Gasteiger partial charge in [0.25, 0.3) is 0 Å². The van der Waals surface area contributed by atoms with Crippen molar-refractivity contribution in [2.75, 3.05) is 18.0 Å². The molecule has 0 saturated carbocycles.